The third kappa shape index (κ3) is 5.34. The predicted octanol–water partition coefficient (Wildman–Crippen LogP) is 3.80. The molecule has 1 heterocycles. The van der Waals surface area contributed by atoms with Crippen LogP contribution in [-0.4, -0.2) is 46.3 Å². The van der Waals surface area contributed by atoms with Crippen molar-refractivity contribution in [2.45, 2.75) is 69.0 Å². The van der Waals surface area contributed by atoms with Gasteiger partial charge in [0.05, 0.1) is 31.0 Å². The van der Waals surface area contributed by atoms with Gasteiger partial charge in [0.25, 0.3) is 0 Å². The van der Waals surface area contributed by atoms with Crippen molar-refractivity contribution >= 4 is 11.6 Å². The molecule has 162 valence electrons. The van der Waals surface area contributed by atoms with Crippen LogP contribution in [0, 0.1) is 0 Å². The Morgan fingerprint density at radius 1 is 0.967 bits per heavy atom. The lowest BCUT2D eigenvalue weighted by molar-refractivity contribution is -0.113. The minimum Gasteiger partial charge on any atom is -0.490 e. The van der Waals surface area contributed by atoms with Gasteiger partial charge in [0.15, 0.2) is 0 Å². The molecule has 2 aliphatic rings. The quantitative estimate of drug-likeness (QED) is 0.647. The molecular weight excluding hydrogens is 404 g/mol. The number of hydrogen-bond acceptors (Lipinski definition) is 5. The first-order valence-corrected chi connectivity index (χ1v) is 11.0. The average Bonchev–Trinajstić information content (AvgIpc) is 3.15. The molecule has 5 nitrogen and oxygen atoms in total. The summed E-state index contributed by atoms with van der Waals surface area (Å²) in [6.07, 6.45) is 2.81. The highest BCUT2D eigenvalue weighted by molar-refractivity contribution is 6.31. The molecule has 1 saturated heterocycles. The predicted molar refractivity (Wildman–Crippen MR) is 115 cm³/mol. The third-order valence-electron chi connectivity index (χ3n) is 6.00. The van der Waals surface area contributed by atoms with E-state index in [1.54, 1.807) is 0 Å². The SMILES string of the molecule is OC[C@@H]1C[C@H](O)C[C@H](c2ccc(Cl)c(Cc3ccc(O[C@@H]4CC[C@H](O)C4)cc3)c2)O1. The van der Waals surface area contributed by atoms with Crippen LogP contribution >= 0.6 is 11.6 Å². The minimum absolute atomic E-state index is 0.0885. The Kier molecular flexibility index (Phi) is 6.96. The molecule has 1 aliphatic carbocycles. The lowest BCUT2D eigenvalue weighted by atomic mass is 9.94. The van der Waals surface area contributed by atoms with Crippen molar-refractivity contribution in [2.24, 2.45) is 0 Å². The molecule has 0 bridgehead atoms. The van der Waals surface area contributed by atoms with Crippen molar-refractivity contribution in [1.82, 2.24) is 0 Å². The van der Waals surface area contributed by atoms with E-state index in [2.05, 4.69) is 0 Å². The fraction of sp³-hybridized carbons (Fsp3) is 0.500. The van der Waals surface area contributed by atoms with Gasteiger partial charge in [0.1, 0.15) is 11.9 Å². The van der Waals surface area contributed by atoms with Crippen LogP contribution in [0.5, 0.6) is 5.75 Å². The molecule has 0 amide bonds. The Morgan fingerprint density at radius 3 is 2.47 bits per heavy atom. The topological polar surface area (TPSA) is 79.2 Å². The number of rotatable bonds is 6. The molecule has 0 radical (unpaired) electrons. The highest BCUT2D eigenvalue weighted by Gasteiger charge is 2.29. The number of aliphatic hydroxyl groups is 3. The summed E-state index contributed by atoms with van der Waals surface area (Å²) < 4.78 is 11.9. The Hall–Kier alpha value is -1.63. The molecule has 0 unspecified atom stereocenters. The van der Waals surface area contributed by atoms with Gasteiger partial charge < -0.3 is 24.8 Å². The van der Waals surface area contributed by atoms with Gasteiger partial charge in [0, 0.05) is 24.3 Å². The van der Waals surface area contributed by atoms with Crippen LogP contribution in [0.3, 0.4) is 0 Å². The third-order valence-corrected chi connectivity index (χ3v) is 6.37. The molecule has 2 aromatic carbocycles. The van der Waals surface area contributed by atoms with Crippen LogP contribution in [-0.2, 0) is 11.2 Å². The van der Waals surface area contributed by atoms with Crippen LogP contribution in [0.1, 0.15) is 54.9 Å². The summed E-state index contributed by atoms with van der Waals surface area (Å²) in [4.78, 5) is 0. The van der Waals surface area contributed by atoms with Crippen molar-refractivity contribution in [3.8, 4) is 5.75 Å². The molecule has 6 heteroatoms. The molecule has 4 rings (SSSR count). The minimum atomic E-state index is -0.478. The average molecular weight is 433 g/mol. The number of ether oxygens (including phenoxy) is 2. The summed E-state index contributed by atoms with van der Waals surface area (Å²) in [5, 5.41) is 29.8. The lowest BCUT2D eigenvalue weighted by Crippen LogP contribution is -2.33. The first kappa shape index (κ1) is 21.6. The van der Waals surface area contributed by atoms with Crippen molar-refractivity contribution in [3.63, 3.8) is 0 Å². The Bertz CT molecular complexity index is 840. The van der Waals surface area contributed by atoms with Crippen molar-refractivity contribution in [1.29, 1.82) is 0 Å². The molecule has 30 heavy (non-hydrogen) atoms. The van der Waals surface area contributed by atoms with Crippen LogP contribution in [0.4, 0.5) is 0 Å². The van der Waals surface area contributed by atoms with Gasteiger partial charge in [-0.05, 0) is 54.2 Å². The zero-order valence-corrected chi connectivity index (χ0v) is 17.7. The van der Waals surface area contributed by atoms with Gasteiger partial charge in [0.2, 0.25) is 0 Å². The first-order chi connectivity index (χ1) is 14.5. The number of halogens is 1. The number of benzene rings is 2. The monoisotopic (exact) mass is 432 g/mol. The van der Waals surface area contributed by atoms with E-state index in [1.165, 1.54) is 0 Å². The van der Waals surface area contributed by atoms with Crippen molar-refractivity contribution < 1.29 is 24.8 Å². The molecule has 1 aliphatic heterocycles. The van der Waals surface area contributed by atoms with E-state index in [9.17, 15) is 15.3 Å². The van der Waals surface area contributed by atoms with E-state index in [-0.39, 0.29) is 31.0 Å². The van der Waals surface area contributed by atoms with Gasteiger partial charge in [-0.3, -0.25) is 0 Å². The van der Waals surface area contributed by atoms with E-state index in [0.717, 1.165) is 35.3 Å². The molecule has 5 atom stereocenters. The molecule has 2 aromatic rings. The fourth-order valence-corrected chi connectivity index (χ4v) is 4.56. The van der Waals surface area contributed by atoms with Crippen LogP contribution in [0.2, 0.25) is 5.02 Å². The Balaban J connectivity index is 1.43. The van der Waals surface area contributed by atoms with Gasteiger partial charge in [-0.15, -0.1) is 0 Å². The second kappa shape index (κ2) is 9.67. The zero-order valence-electron chi connectivity index (χ0n) is 16.9. The standard InChI is InChI=1S/C24H29ClO5/c25-23-8-3-16(24-13-19(28)12-22(14-26)30-24)10-17(23)9-15-1-5-20(6-2-15)29-21-7-4-18(27)11-21/h1-3,5-6,8,10,18-19,21-22,24,26-28H,4,7,9,11-14H2/t18-,19-,21+,22-,24+/m0/s1. The molecule has 3 N–H and O–H groups in total. The molecule has 2 fully saturated rings. The second-order valence-corrected chi connectivity index (χ2v) is 8.84. The van der Waals surface area contributed by atoms with Crippen molar-refractivity contribution in [3.05, 3.63) is 64.2 Å². The van der Waals surface area contributed by atoms with Gasteiger partial charge in [-0.25, -0.2) is 0 Å². The molecule has 0 spiro atoms. The highest BCUT2D eigenvalue weighted by atomic mass is 35.5. The van der Waals surface area contributed by atoms with Gasteiger partial charge in [-0.1, -0.05) is 35.9 Å². The van der Waals surface area contributed by atoms with E-state index >= 15 is 0 Å². The summed E-state index contributed by atoms with van der Waals surface area (Å²) in [7, 11) is 0. The van der Waals surface area contributed by atoms with Gasteiger partial charge in [-0.2, -0.15) is 0 Å². The lowest BCUT2D eigenvalue weighted by Gasteiger charge is -2.32. The Labute approximate surface area is 182 Å². The number of hydrogen-bond donors (Lipinski definition) is 3. The maximum atomic E-state index is 10.1. The van der Waals surface area contributed by atoms with Crippen LogP contribution in [0.15, 0.2) is 42.5 Å². The second-order valence-electron chi connectivity index (χ2n) is 8.43. The van der Waals surface area contributed by atoms with E-state index in [4.69, 9.17) is 21.1 Å². The maximum absolute atomic E-state index is 10.1. The molecular formula is C24H29ClO5. The maximum Gasteiger partial charge on any atom is 0.119 e. The van der Waals surface area contributed by atoms with Gasteiger partial charge >= 0.3 is 0 Å². The Morgan fingerprint density at radius 2 is 1.77 bits per heavy atom. The van der Waals surface area contributed by atoms with Crippen LogP contribution < -0.4 is 4.74 Å². The molecule has 0 aromatic heterocycles. The highest BCUT2D eigenvalue weighted by Crippen LogP contribution is 2.34. The van der Waals surface area contributed by atoms with E-state index in [1.807, 2.05) is 42.5 Å². The number of aliphatic hydroxyl groups excluding tert-OH is 3. The summed E-state index contributed by atoms with van der Waals surface area (Å²) in [6, 6.07) is 13.8. The van der Waals surface area contributed by atoms with Crippen LogP contribution in [0.25, 0.3) is 0 Å². The normalized spacial score (nSPS) is 29.1. The smallest absolute Gasteiger partial charge is 0.119 e. The first-order valence-electron chi connectivity index (χ1n) is 10.7. The summed E-state index contributed by atoms with van der Waals surface area (Å²) >= 11 is 6.45. The zero-order chi connectivity index (χ0) is 21.1. The fourth-order valence-electron chi connectivity index (χ4n) is 4.38. The van der Waals surface area contributed by atoms with E-state index in [0.29, 0.717) is 30.7 Å². The van der Waals surface area contributed by atoms with E-state index < -0.39 is 6.10 Å². The summed E-state index contributed by atoms with van der Waals surface area (Å²) in [5.74, 6) is 0.817. The summed E-state index contributed by atoms with van der Waals surface area (Å²) in [6.45, 7) is -0.0950. The van der Waals surface area contributed by atoms with Crippen molar-refractivity contribution in [2.75, 3.05) is 6.61 Å². The molecule has 1 saturated carbocycles. The largest absolute Gasteiger partial charge is 0.490 e. The summed E-state index contributed by atoms with van der Waals surface area (Å²) in [5.41, 5.74) is 3.07.